The smallest absolute Gasteiger partial charge is 0.256 e. The molecule has 2 atom stereocenters. The molecule has 0 aromatic heterocycles. The Balaban J connectivity index is 1.91. The minimum atomic E-state index is -0.555. The molecule has 0 unspecified atom stereocenters. The Labute approximate surface area is 164 Å². The van der Waals surface area contributed by atoms with Crippen molar-refractivity contribution in [2.75, 3.05) is 26.7 Å². The Morgan fingerprint density at radius 1 is 1.14 bits per heavy atom. The number of rotatable bonds is 6. The molecule has 28 heavy (non-hydrogen) atoms. The predicted molar refractivity (Wildman–Crippen MR) is 105 cm³/mol. The van der Waals surface area contributed by atoms with Gasteiger partial charge in [-0.3, -0.25) is 9.59 Å². The first-order valence-corrected chi connectivity index (χ1v) is 9.51. The summed E-state index contributed by atoms with van der Waals surface area (Å²) < 4.78 is 19.6. The number of benzene rings is 2. The van der Waals surface area contributed by atoms with Gasteiger partial charge in [0.25, 0.3) is 5.91 Å². The number of hydrogen-bond acceptors (Lipinski definition) is 3. The molecule has 5 nitrogen and oxygen atoms in total. The Bertz CT molecular complexity index is 855. The van der Waals surface area contributed by atoms with Crippen LogP contribution < -0.4 is 10.1 Å². The molecule has 2 aromatic rings. The average Bonchev–Trinajstić information content (AvgIpc) is 3.17. The van der Waals surface area contributed by atoms with Crippen LogP contribution >= 0.6 is 0 Å². The molecule has 1 fully saturated rings. The first-order chi connectivity index (χ1) is 13.6. The van der Waals surface area contributed by atoms with E-state index in [0.717, 1.165) is 12.0 Å². The maximum absolute atomic E-state index is 14.1. The minimum Gasteiger partial charge on any atom is -0.496 e. The van der Waals surface area contributed by atoms with Crippen LogP contribution in [0.2, 0.25) is 0 Å². The molecule has 0 spiro atoms. The van der Waals surface area contributed by atoms with E-state index < -0.39 is 17.6 Å². The number of nitrogens with one attached hydrogen (secondary N) is 1. The monoisotopic (exact) mass is 384 g/mol. The number of ether oxygens (including phenoxy) is 1. The van der Waals surface area contributed by atoms with Gasteiger partial charge >= 0.3 is 0 Å². The number of para-hydroxylation sites is 1. The van der Waals surface area contributed by atoms with Gasteiger partial charge in [0.1, 0.15) is 11.6 Å². The van der Waals surface area contributed by atoms with E-state index in [-0.39, 0.29) is 23.9 Å². The zero-order valence-electron chi connectivity index (χ0n) is 16.2. The number of carbonyl (C=O) groups excluding carboxylic acids is 2. The van der Waals surface area contributed by atoms with Gasteiger partial charge < -0.3 is 15.0 Å². The zero-order valence-corrected chi connectivity index (χ0v) is 16.2. The number of likely N-dealkylation sites (tertiary alicyclic amines) is 1. The lowest BCUT2D eigenvalue weighted by atomic mass is 9.87. The van der Waals surface area contributed by atoms with E-state index in [1.54, 1.807) is 24.1 Å². The molecule has 148 valence electrons. The number of methoxy groups -OCH3 is 1. The molecule has 1 saturated heterocycles. The van der Waals surface area contributed by atoms with Crippen LogP contribution in [-0.4, -0.2) is 43.5 Å². The Morgan fingerprint density at radius 2 is 1.86 bits per heavy atom. The maximum Gasteiger partial charge on any atom is 0.256 e. The summed E-state index contributed by atoms with van der Waals surface area (Å²) in [5.41, 5.74) is 0.904. The summed E-state index contributed by atoms with van der Waals surface area (Å²) in [4.78, 5) is 27.3. The van der Waals surface area contributed by atoms with Crippen molar-refractivity contribution in [3.05, 3.63) is 65.5 Å². The normalized spacial score (nSPS) is 18.8. The molecular weight excluding hydrogens is 359 g/mol. The van der Waals surface area contributed by atoms with E-state index in [1.165, 1.54) is 12.1 Å². The van der Waals surface area contributed by atoms with Crippen molar-refractivity contribution >= 4 is 11.8 Å². The molecule has 6 heteroatoms. The van der Waals surface area contributed by atoms with Gasteiger partial charge in [-0.15, -0.1) is 0 Å². The van der Waals surface area contributed by atoms with Crippen molar-refractivity contribution in [2.24, 2.45) is 5.92 Å². The Kier molecular flexibility index (Phi) is 6.29. The van der Waals surface area contributed by atoms with Crippen molar-refractivity contribution in [3.63, 3.8) is 0 Å². The lowest BCUT2D eigenvalue weighted by Crippen LogP contribution is -2.36. The summed E-state index contributed by atoms with van der Waals surface area (Å²) in [7, 11) is 1.59. The fraction of sp³-hybridized carbons (Fsp3) is 0.364. The van der Waals surface area contributed by atoms with Gasteiger partial charge in [0.2, 0.25) is 5.91 Å². The van der Waals surface area contributed by atoms with Crippen LogP contribution in [0.3, 0.4) is 0 Å². The molecule has 1 aliphatic heterocycles. The highest BCUT2D eigenvalue weighted by molar-refractivity contribution is 5.95. The second-order valence-electron chi connectivity index (χ2n) is 6.94. The van der Waals surface area contributed by atoms with E-state index in [2.05, 4.69) is 5.32 Å². The molecule has 1 heterocycles. The summed E-state index contributed by atoms with van der Waals surface area (Å²) in [6.07, 6.45) is 0.829. The fourth-order valence-electron chi connectivity index (χ4n) is 3.71. The van der Waals surface area contributed by atoms with Crippen molar-refractivity contribution in [1.29, 1.82) is 0 Å². The molecule has 0 radical (unpaired) electrons. The van der Waals surface area contributed by atoms with Crippen molar-refractivity contribution in [3.8, 4) is 5.75 Å². The van der Waals surface area contributed by atoms with Crippen molar-refractivity contribution in [1.82, 2.24) is 10.2 Å². The third-order valence-electron chi connectivity index (χ3n) is 5.14. The zero-order chi connectivity index (χ0) is 20.1. The van der Waals surface area contributed by atoms with Gasteiger partial charge in [-0.25, -0.2) is 4.39 Å². The quantitative estimate of drug-likeness (QED) is 0.832. The fourth-order valence-corrected chi connectivity index (χ4v) is 3.71. The Morgan fingerprint density at radius 3 is 2.57 bits per heavy atom. The van der Waals surface area contributed by atoms with Crippen LogP contribution in [-0.2, 0) is 4.79 Å². The Hall–Kier alpha value is -2.89. The van der Waals surface area contributed by atoms with Gasteiger partial charge in [0.15, 0.2) is 0 Å². The topological polar surface area (TPSA) is 58.6 Å². The number of halogens is 1. The summed E-state index contributed by atoms with van der Waals surface area (Å²) in [5, 5.41) is 2.93. The molecule has 0 aliphatic carbocycles. The van der Waals surface area contributed by atoms with Gasteiger partial charge in [-0.2, -0.15) is 0 Å². The molecule has 3 rings (SSSR count). The third-order valence-corrected chi connectivity index (χ3v) is 5.14. The minimum absolute atomic E-state index is 0.0240. The van der Waals surface area contributed by atoms with Crippen molar-refractivity contribution < 1.29 is 18.7 Å². The molecular formula is C22H25FN2O3. The first kappa shape index (κ1) is 19.9. The summed E-state index contributed by atoms with van der Waals surface area (Å²) >= 11 is 0. The highest BCUT2D eigenvalue weighted by Gasteiger charge is 2.41. The second-order valence-corrected chi connectivity index (χ2v) is 6.94. The van der Waals surface area contributed by atoms with Crippen molar-refractivity contribution in [2.45, 2.75) is 19.3 Å². The van der Waals surface area contributed by atoms with Crippen LogP contribution in [0.25, 0.3) is 0 Å². The van der Waals surface area contributed by atoms with Gasteiger partial charge in [-0.05, 0) is 30.2 Å². The van der Waals surface area contributed by atoms with E-state index in [4.69, 9.17) is 4.74 Å². The lowest BCUT2D eigenvalue weighted by molar-refractivity contribution is -0.124. The van der Waals surface area contributed by atoms with E-state index >= 15 is 0 Å². The molecule has 2 amide bonds. The van der Waals surface area contributed by atoms with Crippen LogP contribution in [0.1, 0.15) is 35.2 Å². The predicted octanol–water partition coefficient (Wildman–Crippen LogP) is 3.22. The average molecular weight is 384 g/mol. The summed E-state index contributed by atoms with van der Waals surface area (Å²) in [6.45, 7) is 3.14. The van der Waals surface area contributed by atoms with Gasteiger partial charge in [0, 0.05) is 25.6 Å². The number of nitrogens with zero attached hydrogens (tertiary/aromatic N) is 1. The number of hydrogen-bond donors (Lipinski definition) is 1. The van der Waals surface area contributed by atoms with Crippen LogP contribution in [0.15, 0.2) is 48.5 Å². The maximum atomic E-state index is 14.1. The standard InChI is InChI=1S/C22H25FN2O3/c1-3-12-24-21(26)18-14-25(22(27)16-9-4-6-10-19(16)23)13-17(18)15-8-5-7-11-20(15)28-2/h4-11,17-18H,3,12-14H2,1-2H3,(H,24,26)/t17-,18+/m1/s1. The molecule has 1 aliphatic rings. The van der Waals surface area contributed by atoms with E-state index in [1.807, 2.05) is 31.2 Å². The SMILES string of the molecule is CCCNC(=O)[C@H]1CN(C(=O)c2ccccc2F)C[C@@H]1c1ccccc1OC. The van der Waals surface area contributed by atoms with Crippen LogP contribution in [0, 0.1) is 11.7 Å². The van der Waals surface area contributed by atoms with E-state index in [9.17, 15) is 14.0 Å². The van der Waals surface area contributed by atoms with Gasteiger partial charge in [-0.1, -0.05) is 37.3 Å². The highest BCUT2D eigenvalue weighted by Crippen LogP contribution is 2.38. The largest absolute Gasteiger partial charge is 0.496 e. The second kappa shape index (κ2) is 8.87. The first-order valence-electron chi connectivity index (χ1n) is 9.51. The molecule has 0 saturated carbocycles. The summed E-state index contributed by atoms with van der Waals surface area (Å²) in [6, 6.07) is 13.4. The molecule has 0 bridgehead atoms. The highest BCUT2D eigenvalue weighted by atomic mass is 19.1. The van der Waals surface area contributed by atoms with Gasteiger partial charge in [0.05, 0.1) is 18.6 Å². The molecule has 1 N–H and O–H groups in total. The van der Waals surface area contributed by atoms with E-state index in [0.29, 0.717) is 18.8 Å². The lowest BCUT2D eigenvalue weighted by Gasteiger charge is -2.20. The van der Waals surface area contributed by atoms with Crippen LogP contribution in [0.5, 0.6) is 5.75 Å². The number of amides is 2. The van der Waals surface area contributed by atoms with Crippen LogP contribution in [0.4, 0.5) is 4.39 Å². The third kappa shape index (κ3) is 4.01. The molecule has 2 aromatic carbocycles. The number of carbonyl (C=O) groups is 2. The summed E-state index contributed by atoms with van der Waals surface area (Å²) in [5.74, 6) is -1.01.